The molecule has 0 radical (unpaired) electrons. The third kappa shape index (κ3) is 3.42. The minimum atomic E-state index is -0.907. The molecule has 0 N–H and O–H groups in total. The molecule has 2 fully saturated rings. The smallest absolute Gasteiger partial charge is 0.266 e. The number of benzene rings is 3. The van der Waals surface area contributed by atoms with Crippen LogP contribution in [0, 0.1) is 5.92 Å². The summed E-state index contributed by atoms with van der Waals surface area (Å²) < 4.78 is 5.47. The van der Waals surface area contributed by atoms with Crippen molar-refractivity contribution in [1.29, 1.82) is 0 Å². The molecule has 162 valence electrons. The van der Waals surface area contributed by atoms with Crippen LogP contribution in [0.3, 0.4) is 0 Å². The van der Waals surface area contributed by atoms with Crippen LogP contribution in [0.5, 0.6) is 5.75 Å². The Morgan fingerprint density at radius 3 is 2.22 bits per heavy atom. The normalized spacial score (nSPS) is 22.4. The van der Waals surface area contributed by atoms with E-state index in [0.29, 0.717) is 23.1 Å². The fourth-order valence-corrected chi connectivity index (χ4v) is 4.45. The highest BCUT2D eigenvalue weighted by Crippen LogP contribution is 2.47. The van der Waals surface area contributed by atoms with E-state index in [1.165, 1.54) is 4.90 Å². The topological polar surface area (TPSA) is 59.1 Å². The molecular formula is C25H21ClN2O4. The van der Waals surface area contributed by atoms with E-state index in [0.717, 1.165) is 11.3 Å². The van der Waals surface area contributed by atoms with Crippen LogP contribution in [0.15, 0.2) is 78.9 Å². The van der Waals surface area contributed by atoms with E-state index in [1.54, 1.807) is 41.5 Å². The minimum Gasteiger partial charge on any atom is -0.494 e. The van der Waals surface area contributed by atoms with Crippen molar-refractivity contribution in [2.75, 3.05) is 16.6 Å². The summed E-state index contributed by atoms with van der Waals surface area (Å²) in [5.41, 5.74) is 2.12. The van der Waals surface area contributed by atoms with Crippen molar-refractivity contribution < 1.29 is 19.2 Å². The van der Waals surface area contributed by atoms with E-state index in [2.05, 4.69) is 0 Å². The highest BCUT2D eigenvalue weighted by molar-refractivity contribution is 6.30. The molecule has 0 saturated carbocycles. The number of hydrogen-bond acceptors (Lipinski definition) is 5. The molecule has 2 amide bonds. The summed E-state index contributed by atoms with van der Waals surface area (Å²) in [7, 11) is 0. The number of carbonyl (C=O) groups excluding carboxylic acids is 2. The predicted molar refractivity (Wildman–Crippen MR) is 122 cm³/mol. The monoisotopic (exact) mass is 448 g/mol. The van der Waals surface area contributed by atoms with Crippen molar-refractivity contribution >= 4 is 34.8 Å². The largest absolute Gasteiger partial charge is 0.494 e. The Morgan fingerprint density at radius 2 is 1.56 bits per heavy atom. The number of para-hydroxylation sites is 1. The lowest BCUT2D eigenvalue weighted by molar-refractivity contribution is -0.126. The lowest BCUT2D eigenvalue weighted by Crippen LogP contribution is -2.37. The molecule has 0 aliphatic carbocycles. The second-order valence-electron chi connectivity index (χ2n) is 7.65. The van der Waals surface area contributed by atoms with Gasteiger partial charge in [0.05, 0.1) is 24.0 Å². The summed E-state index contributed by atoms with van der Waals surface area (Å²) >= 11 is 6.09. The predicted octanol–water partition coefficient (Wildman–Crippen LogP) is 4.79. The first-order valence-electron chi connectivity index (χ1n) is 10.5. The molecule has 0 bridgehead atoms. The van der Waals surface area contributed by atoms with Crippen molar-refractivity contribution in [3.63, 3.8) is 0 Å². The second-order valence-corrected chi connectivity index (χ2v) is 8.08. The van der Waals surface area contributed by atoms with Gasteiger partial charge < -0.3 is 4.74 Å². The molecule has 2 aliphatic heterocycles. The van der Waals surface area contributed by atoms with Gasteiger partial charge in [-0.3, -0.25) is 14.4 Å². The van der Waals surface area contributed by atoms with Gasteiger partial charge in [0.2, 0.25) is 5.91 Å². The van der Waals surface area contributed by atoms with Gasteiger partial charge in [-0.25, -0.2) is 9.96 Å². The van der Waals surface area contributed by atoms with Gasteiger partial charge in [0.1, 0.15) is 11.7 Å². The molecule has 0 spiro atoms. The summed E-state index contributed by atoms with van der Waals surface area (Å²) in [5.74, 6) is -0.666. The third-order valence-electron chi connectivity index (χ3n) is 5.74. The van der Waals surface area contributed by atoms with Gasteiger partial charge in [-0.15, -0.1) is 0 Å². The van der Waals surface area contributed by atoms with E-state index < -0.39 is 18.1 Å². The first-order chi connectivity index (χ1) is 15.6. The van der Waals surface area contributed by atoms with Gasteiger partial charge >= 0.3 is 0 Å². The minimum absolute atomic E-state index is 0.289. The van der Waals surface area contributed by atoms with Crippen LogP contribution in [-0.4, -0.2) is 24.5 Å². The SMILES string of the molecule is CCOc1ccc(N2C(=O)[C@@H]3[C@@H](ON(c4ccccc4)[C@H]3c3ccc(Cl)cc3)C2=O)cc1. The maximum absolute atomic E-state index is 13.6. The van der Waals surface area contributed by atoms with Crippen molar-refractivity contribution in [3.8, 4) is 5.75 Å². The molecular weight excluding hydrogens is 428 g/mol. The molecule has 32 heavy (non-hydrogen) atoms. The zero-order valence-corrected chi connectivity index (χ0v) is 18.1. The molecule has 2 aliphatic rings. The number of ether oxygens (including phenoxy) is 1. The number of hydroxylamine groups is 1. The summed E-state index contributed by atoms with van der Waals surface area (Å²) in [6, 6.07) is 23.2. The molecule has 0 unspecified atom stereocenters. The molecule has 5 rings (SSSR count). The average molecular weight is 449 g/mol. The molecule has 0 aromatic heterocycles. The first kappa shape index (κ1) is 20.5. The Kier molecular flexibility index (Phi) is 5.33. The van der Waals surface area contributed by atoms with E-state index >= 15 is 0 Å². The molecule has 3 aromatic carbocycles. The average Bonchev–Trinajstić information content (AvgIpc) is 3.32. The van der Waals surface area contributed by atoms with E-state index in [9.17, 15) is 9.59 Å². The molecule has 3 aromatic rings. The van der Waals surface area contributed by atoms with Crippen LogP contribution in [0.2, 0.25) is 5.02 Å². The van der Waals surface area contributed by atoms with Crippen molar-refractivity contribution in [3.05, 3.63) is 89.4 Å². The van der Waals surface area contributed by atoms with Gasteiger partial charge in [-0.1, -0.05) is 41.9 Å². The Morgan fingerprint density at radius 1 is 0.875 bits per heavy atom. The first-order valence-corrected chi connectivity index (χ1v) is 10.8. The fraction of sp³-hybridized carbons (Fsp3) is 0.200. The van der Waals surface area contributed by atoms with E-state index in [4.69, 9.17) is 21.2 Å². The van der Waals surface area contributed by atoms with Crippen LogP contribution in [-0.2, 0) is 14.4 Å². The van der Waals surface area contributed by atoms with Crippen LogP contribution < -0.4 is 14.7 Å². The highest BCUT2D eigenvalue weighted by atomic mass is 35.5. The Hall–Kier alpha value is -3.35. The van der Waals surface area contributed by atoms with Crippen LogP contribution in [0.25, 0.3) is 0 Å². The fourth-order valence-electron chi connectivity index (χ4n) is 4.32. The molecule has 7 heteroatoms. The lowest BCUT2D eigenvalue weighted by Gasteiger charge is -2.28. The zero-order chi connectivity index (χ0) is 22.2. The third-order valence-corrected chi connectivity index (χ3v) is 6.00. The maximum atomic E-state index is 13.6. The number of carbonyl (C=O) groups is 2. The second kappa shape index (κ2) is 8.30. The summed E-state index contributed by atoms with van der Waals surface area (Å²) in [6.45, 7) is 2.44. The van der Waals surface area contributed by atoms with E-state index in [1.807, 2.05) is 49.4 Å². The number of fused-ring (bicyclic) bond motifs is 1. The summed E-state index contributed by atoms with van der Waals surface area (Å²) in [6.07, 6.45) is -0.907. The maximum Gasteiger partial charge on any atom is 0.266 e. The number of hydrogen-bond donors (Lipinski definition) is 0. The molecule has 2 saturated heterocycles. The van der Waals surface area contributed by atoms with Gasteiger partial charge in [-0.2, -0.15) is 0 Å². The summed E-state index contributed by atoms with van der Waals surface area (Å²) in [5, 5.41) is 2.27. The number of rotatable bonds is 5. The van der Waals surface area contributed by atoms with Crippen LogP contribution in [0.4, 0.5) is 11.4 Å². The van der Waals surface area contributed by atoms with Gasteiger partial charge in [-0.05, 0) is 61.0 Å². The molecule has 6 nitrogen and oxygen atoms in total. The quantitative estimate of drug-likeness (QED) is 0.525. The zero-order valence-electron chi connectivity index (χ0n) is 17.4. The number of halogens is 1. The molecule has 3 atom stereocenters. The number of amides is 2. The Bertz CT molecular complexity index is 1130. The van der Waals surface area contributed by atoms with Gasteiger partial charge in [0.15, 0.2) is 6.10 Å². The number of nitrogens with zero attached hydrogens (tertiary/aromatic N) is 2. The highest BCUT2D eigenvalue weighted by Gasteiger charge is 2.60. The number of anilines is 2. The summed E-state index contributed by atoms with van der Waals surface area (Å²) in [4.78, 5) is 34.2. The lowest BCUT2D eigenvalue weighted by atomic mass is 9.90. The van der Waals surface area contributed by atoms with Crippen molar-refractivity contribution in [2.45, 2.75) is 19.1 Å². The van der Waals surface area contributed by atoms with Crippen molar-refractivity contribution in [1.82, 2.24) is 0 Å². The van der Waals surface area contributed by atoms with Gasteiger partial charge in [0, 0.05) is 5.02 Å². The Labute approximate surface area is 190 Å². The Balaban J connectivity index is 1.53. The number of imide groups is 1. The standard InChI is InChI=1S/C25H21ClN2O4/c1-2-31-20-14-12-18(13-15-20)27-24(29)21-22(16-8-10-17(26)11-9-16)28(32-23(21)25(27)30)19-6-4-3-5-7-19/h3-15,21-23H,2H2,1H3/t21-,22-,23+/m0/s1. The van der Waals surface area contributed by atoms with E-state index in [-0.39, 0.29) is 11.8 Å². The molecule has 2 heterocycles. The van der Waals surface area contributed by atoms with Crippen molar-refractivity contribution in [2.24, 2.45) is 5.92 Å². The van der Waals surface area contributed by atoms with Gasteiger partial charge in [0.25, 0.3) is 5.91 Å². The van der Waals surface area contributed by atoms with Crippen LogP contribution >= 0.6 is 11.6 Å². The van der Waals surface area contributed by atoms with Crippen LogP contribution in [0.1, 0.15) is 18.5 Å².